The molecule has 2 aromatic rings. The fourth-order valence-corrected chi connectivity index (χ4v) is 2.22. The Balaban J connectivity index is 2.18. The number of aromatic hydroxyl groups is 1. The average Bonchev–Trinajstić information content (AvgIpc) is 2.47. The third-order valence-corrected chi connectivity index (χ3v) is 3.53. The lowest BCUT2D eigenvalue weighted by molar-refractivity contribution is -0.145. The summed E-state index contributed by atoms with van der Waals surface area (Å²) in [5, 5.41) is 21.5. The van der Waals surface area contributed by atoms with Crippen LogP contribution in [-0.4, -0.2) is 22.1 Å². The third-order valence-electron chi connectivity index (χ3n) is 3.53. The minimum absolute atomic E-state index is 0.0295. The summed E-state index contributed by atoms with van der Waals surface area (Å²) in [6, 6.07) is 14.8. The van der Waals surface area contributed by atoms with Crippen LogP contribution in [0.3, 0.4) is 0 Å². The van der Waals surface area contributed by atoms with E-state index in [4.69, 9.17) is 0 Å². The van der Waals surface area contributed by atoms with Crippen LogP contribution in [0.2, 0.25) is 0 Å². The van der Waals surface area contributed by atoms with Crippen molar-refractivity contribution in [1.82, 2.24) is 0 Å². The summed E-state index contributed by atoms with van der Waals surface area (Å²) in [6.45, 7) is 1.52. The number of amides is 1. The fourth-order valence-electron chi connectivity index (χ4n) is 2.22. The number of aliphatic carboxylic acids is 1. The molecule has 0 bridgehead atoms. The second-order valence-corrected chi connectivity index (χ2v) is 5.28. The Morgan fingerprint density at radius 1 is 1.09 bits per heavy atom. The van der Waals surface area contributed by atoms with Crippen molar-refractivity contribution < 1.29 is 19.8 Å². The zero-order chi connectivity index (χ0) is 16.2. The van der Waals surface area contributed by atoms with Crippen molar-refractivity contribution in [2.24, 2.45) is 0 Å². The molecular formula is C17H17NO4. The van der Waals surface area contributed by atoms with Crippen molar-refractivity contribution in [1.29, 1.82) is 0 Å². The molecule has 5 heteroatoms. The molecule has 22 heavy (non-hydrogen) atoms. The van der Waals surface area contributed by atoms with Gasteiger partial charge in [0.1, 0.15) is 5.75 Å². The zero-order valence-corrected chi connectivity index (χ0v) is 12.1. The molecule has 0 radical (unpaired) electrons. The third kappa shape index (κ3) is 3.44. The predicted molar refractivity (Wildman–Crippen MR) is 82.8 cm³/mol. The number of phenols is 1. The smallest absolute Gasteiger partial charge is 0.314 e. The normalized spacial score (nSPS) is 13.1. The SMILES string of the molecule is C[C@@](CC(=O)Nc1cccc(O)c1)(C(=O)O)c1ccccc1. The number of benzene rings is 2. The van der Waals surface area contributed by atoms with E-state index in [1.807, 2.05) is 0 Å². The molecule has 0 aliphatic rings. The first-order chi connectivity index (χ1) is 10.4. The van der Waals surface area contributed by atoms with Gasteiger partial charge in [0.05, 0.1) is 5.41 Å². The first-order valence-corrected chi connectivity index (χ1v) is 6.79. The number of carboxylic acids is 1. The molecule has 1 atom stereocenters. The number of rotatable bonds is 5. The van der Waals surface area contributed by atoms with Crippen LogP contribution in [0.1, 0.15) is 18.9 Å². The molecule has 0 aliphatic heterocycles. The second-order valence-electron chi connectivity index (χ2n) is 5.28. The molecule has 0 spiro atoms. The standard InChI is InChI=1S/C17H17NO4/c1-17(16(21)22,12-6-3-2-4-7-12)11-15(20)18-13-8-5-9-14(19)10-13/h2-10,19H,11H2,1H3,(H,18,20)(H,21,22)/t17-/m0/s1. The van der Waals surface area contributed by atoms with Gasteiger partial charge in [0.15, 0.2) is 0 Å². The van der Waals surface area contributed by atoms with Crippen LogP contribution in [0.5, 0.6) is 5.75 Å². The maximum absolute atomic E-state index is 12.2. The highest BCUT2D eigenvalue weighted by Gasteiger charge is 2.37. The fraction of sp³-hybridized carbons (Fsp3) is 0.176. The monoisotopic (exact) mass is 299 g/mol. The van der Waals surface area contributed by atoms with E-state index in [0.29, 0.717) is 11.3 Å². The van der Waals surface area contributed by atoms with Gasteiger partial charge in [-0.05, 0) is 24.6 Å². The van der Waals surface area contributed by atoms with E-state index in [9.17, 15) is 19.8 Å². The number of hydrogen-bond donors (Lipinski definition) is 3. The molecule has 3 N–H and O–H groups in total. The van der Waals surface area contributed by atoms with E-state index in [-0.39, 0.29) is 12.2 Å². The van der Waals surface area contributed by atoms with Crippen LogP contribution < -0.4 is 5.32 Å². The van der Waals surface area contributed by atoms with Gasteiger partial charge >= 0.3 is 5.97 Å². The molecule has 1 amide bonds. The van der Waals surface area contributed by atoms with E-state index in [0.717, 1.165) is 0 Å². The number of hydrogen-bond acceptors (Lipinski definition) is 3. The summed E-state index contributed by atoms with van der Waals surface area (Å²) < 4.78 is 0. The average molecular weight is 299 g/mol. The van der Waals surface area contributed by atoms with Gasteiger partial charge < -0.3 is 15.5 Å². The number of carbonyl (C=O) groups is 2. The molecule has 0 heterocycles. The quantitative estimate of drug-likeness (QED) is 0.792. The second kappa shape index (κ2) is 6.30. The summed E-state index contributed by atoms with van der Waals surface area (Å²) in [5.41, 5.74) is -0.332. The van der Waals surface area contributed by atoms with E-state index >= 15 is 0 Å². The molecule has 0 aliphatic carbocycles. The number of phenolic OH excluding ortho intramolecular Hbond substituents is 1. The van der Waals surface area contributed by atoms with Gasteiger partial charge in [-0.3, -0.25) is 9.59 Å². The van der Waals surface area contributed by atoms with Crippen LogP contribution in [0.15, 0.2) is 54.6 Å². The van der Waals surface area contributed by atoms with Crippen LogP contribution >= 0.6 is 0 Å². The lowest BCUT2D eigenvalue weighted by Crippen LogP contribution is -2.36. The number of anilines is 1. The van der Waals surface area contributed by atoms with E-state index < -0.39 is 17.3 Å². The predicted octanol–water partition coefficient (Wildman–Crippen LogP) is 2.76. The molecule has 0 aromatic heterocycles. The molecule has 5 nitrogen and oxygen atoms in total. The molecule has 114 valence electrons. The Bertz CT molecular complexity index is 684. The summed E-state index contributed by atoms with van der Waals surface area (Å²) in [7, 11) is 0. The summed E-state index contributed by atoms with van der Waals surface area (Å²) >= 11 is 0. The van der Waals surface area contributed by atoms with Gasteiger partial charge in [-0.2, -0.15) is 0 Å². The van der Waals surface area contributed by atoms with E-state index in [1.54, 1.807) is 42.5 Å². The van der Waals surface area contributed by atoms with Crippen molar-refractivity contribution in [3.05, 3.63) is 60.2 Å². The van der Waals surface area contributed by atoms with Gasteiger partial charge in [0, 0.05) is 18.2 Å². The highest BCUT2D eigenvalue weighted by atomic mass is 16.4. The van der Waals surface area contributed by atoms with Crippen molar-refractivity contribution in [2.45, 2.75) is 18.8 Å². The molecule has 0 unspecified atom stereocenters. The molecule has 2 aromatic carbocycles. The van der Waals surface area contributed by atoms with Crippen LogP contribution in [-0.2, 0) is 15.0 Å². The molecule has 0 fully saturated rings. The van der Waals surface area contributed by atoms with Crippen molar-refractivity contribution in [3.63, 3.8) is 0 Å². The van der Waals surface area contributed by atoms with Gasteiger partial charge in [-0.1, -0.05) is 36.4 Å². The number of carboxylic acid groups (broad SMARTS) is 1. The highest BCUT2D eigenvalue weighted by molar-refractivity contribution is 5.96. The summed E-state index contributed by atoms with van der Waals surface area (Å²) in [5.74, 6) is -1.47. The number of nitrogens with one attached hydrogen (secondary N) is 1. The number of carbonyl (C=O) groups excluding carboxylic acids is 1. The molecule has 0 saturated heterocycles. The zero-order valence-electron chi connectivity index (χ0n) is 12.1. The van der Waals surface area contributed by atoms with Gasteiger partial charge in [0.25, 0.3) is 0 Å². The Morgan fingerprint density at radius 2 is 1.77 bits per heavy atom. The minimum Gasteiger partial charge on any atom is -0.508 e. The minimum atomic E-state index is -1.32. The largest absolute Gasteiger partial charge is 0.508 e. The first kappa shape index (κ1) is 15.6. The summed E-state index contributed by atoms with van der Waals surface area (Å²) in [6.07, 6.45) is -0.206. The van der Waals surface area contributed by atoms with Crippen molar-refractivity contribution in [2.75, 3.05) is 5.32 Å². The first-order valence-electron chi connectivity index (χ1n) is 6.79. The summed E-state index contributed by atoms with van der Waals surface area (Å²) in [4.78, 5) is 23.8. The van der Waals surface area contributed by atoms with Gasteiger partial charge in [-0.15, -0.1) is 0 Å². The molecule has 2 rings (SSSR count). The van der Waals surface area contributed by atoms with Crippen molar-refractivity contribution in [3.8, 4) is 5.75 Å². The topological polar surface area (TPSA) is 86.6 Å². The van der Waals surface area contributed by atoms with E-state index in [1.165, 1.54) is 19.1 Å². The maximum Gasteiger partial charge on any atom is 0.314 e. The van der Waals surface area contributed by atoms with Gasteiger partial charge in [0.2, 0.25) is 5.91 Å². The van der Waals surface area contributed by atoms with E-state index in [2.05, 4.69) is 5.32 Å². The van der Waals surface area contributed by atoms with Crippen LogP contribution in [0.25, 0.3) is 0 Å². The Labute approximate surface area is 128 Å². The van der Waals surface area contributed by atoms with Crippen LogP contribution in [0.4, 0.5) is 5.69 Å². The Hall–Kier alpha value is -2.82. The van der Waals surface area contributed by atoms with Gasteiger partial charge in [-0.25, -0.2) is 0 Å². The Morgan fingerprint density at radius 3 is 2.36 bits per heavy atom. The lowest BCUT2D eigenvalue weighted by atomic mass is 9.79. The maximum atomic E-state index is 12.2. The molecular weight excluding hydrogens is 282 g/mol. The van der Waals surface area contributed by atoms with Crippen molar-refractivity contribution >= 4 is 17.6 Å². The molecule has 0 saturated carbocycles. The highest BCUT2D eigenvalue weighted by Crippen LogP contribution is 2.28. The lowest BCUT2D eigenvalue weighted by Gasteiger charge is -2.24. The van der Waals surface area contributed by atoms with Crippen LogP contribution in [0, 0.1) is 0 Å². The Kier molecular flexibility index (Phi) is 4.46.